The molecule has 0 atom stereocenters. The lowest BCUT2D eigenvalue weighted by molar-refractivity contribution is 0.0696. The summed E-state index contributed by atoms with van der Waals surface area (Å²) in [6, 6.07) is 5.82. The van der Waals surface area contributed by atoms with Crippen molar-refractivity contribution in [3.63, 3.8) is 0 Å². The fourth-order valence-electron chi connectivity index (χ4n) is 1.57. The first-order valence-corrected chi connectivity index (χ1v) is 5.62. The van der Waals surface area contributed by atoms with Crippen LogP contribution in [0.4, 0.5) is 4.39 Å². The molecule has 4 nitrogen and oxygen atoms in total. The molecule has 0 spiro atoms. The van der Waals surface area contributed by atoms with Crippen molar-refractivity contribution in [3.8, 4) is 5.75 Å². The maximum absolute atomic E-state index is 13.1. The number of aromatic nitrogens is 1. The van der Waals surface area contributed by atoms with Gasteiger partial charge in [-0.15, -0.1) is 0 Å². The van der Waals surface area contributed by atoms with E-state index in [1.165, 1.54) is 30.6 Å². The van der Waals surface area contributed by atoms with Gasteiger partial charge in [0, 0.05) is 6.20 Å². The molecule has 0 saturated carbocycles. The number of nitrogens with zero attached hydrogens (tertiary/aromatic N) is 1. The Labute approximate surface area is 109 Å². The Morgan fingerprint density at radius 2 is 2.16 bits per heavy atom. The number of rotatable bonds is 4. The number of aromatic carboxylic acids is 1. The summed E-state index contributed by atoms with van der Waals surface area (Å²) in [4.78, 5) is 14.6. The minimum Gasteiger partial charge on any atom is -0.487 e. The molecule has 0 unspecified atom stereocenters. The van der Waals surface area contributed by atoms with E-state index in [0.29, 0.717) is 11.3 Å². The molecule has 1 aromatic heterocycles. The number of hydrogen-bond donors (Lipinski definition) is 1. The number of carboxylic acid groups (broad SMARTS) is 1. The lowest BCUT2D eigenvalue weighted by Crippen LogP contribution is -2.01. The topological polar surface area (TPSA) is 59.4 Å². The molecule has 0 aliphatic carbocycles. The van der Waals surface area contributed by atoms with Crippen LogP contribution < -0.4 is 4.74 Å². The molecule has 2 aromatic rings. The van der Waals surface area contributed by atoms with Gasteiger partial charge in [0.1, 0.15) is 18.2 Å². The molecule has 1 N–H and O–H groups in total. The predicted molar refractivity (Wildman–Crippen MR) is 66.7 cm³/mol. The summed E-state index contributed by atoms with van der Waals surface area (Å²) in [6.07, 6.45) is 2.66. The van der Waals surface area contributed by atoms with E-state index in [4.69, 9.17) is 9.84 Å². The molecule has 0 radical (unpaired) electrons. The fraction of sp³-hybridized carbons (Fsp3) is 0.143. The van der Waals surface area contributed by atoms with E-state index in [0.717, 1.165) is 5.56 Å². The second kappa shape index (κ2) is 5.48. The first-order chi connectivity index (χ1) is 9.06. The van der Waals surface area contributed by atoms with Crippen molar-refractivity contribution in [1.82, 2.24) is 4.98 Å². The summed E-state index contributed by atoms with van der Waals surface area (Å²) in [7, 11) is 0. The van der Waals surface area contributed by atoms with Crippen molar-refractivity contribution >= 4 is 5.97 Å². The highest BCUT2D eigenvalue weighted by molar-refractivity contribution is 5.87. The van der Waals surface area contributed by atoms with Gasteiger partial charge in [0.2, 0.25) is 0 Å². The fourth-order valence-corrected chi connectivity index (χ4v) is 1.57. The van der Waals surface area contributed by atoms with Gasteiger partial charge in [0.15, 0.2) is 0 Å². The summed E-state index contributed by atoms with van der Waals surface area (Å²) in [5.41, 5.74) is 1.66. The van der Waals surface area contributed by atoms with Crippen LogP contribution in [-0.2, 0) is 6.61 Å². The molecule has 0 fully saturated rings. The first kappa shape index (κ1) is 13.0. The predicted octanol–water partition coefficient (Wildman–Crippen LogP) is 2.81. The van der Waals surface area contributed by atoms with Gasteiger partial charge in [-0.3, -0.25) is 4.98 Å². The van der Waals surface area contributed by atoms with E-state index in [2.05, 4.69) is 4.98 Å². The van der Waals surface area contributed by atoms with E-state index in [9.17, 15) is 9.18 Å². The number of benzene rings is 1. The smallest absolute Gasteiger partial charge is 0.337 e. The van der Waals surface area contributed by atoms with Gasteiger partial charge in [-0.1, -0.05) is 6.07 Å². The van der Waals surface area contributed by atoms with E-state index in [1.807, 2.05) is 6.92 Å². The van der Waals surface area contributed by atoms with Crippen molar-refractivity contribution in [2.24, 2.45) is 0 Å². The van der Waals surface area contributed by atoms with Gasteiger partial charge in [-0.05, 0) is 36.2 Å². The molecule has 0 aliphatic rings. The summed E-state index contributed by atoms with van der Waals surface area (Å²) < 4.78 is 18.5. The number of ether oxygens (including phenoxy) is 1. The van der Waals surface area contributed by atoms with Crippen LogP contribution in [0.1, 0.15) is 21.5 Å². The van der Waals surface area contributed by atoms with Gasteiger partial charge in [-0.2, -0.15) is 0 Å². The molecule has 98 valence electrons. The molecule has 5 heteroatoms. The van der Waals surface area contributed by atoms with Gasteiger partial charge in [-0.25, -0.2) is 9.18 Å². The number of hydrogen-bond acceptors (Lipinski definition) is 3. The third kappa shape index (κ3) is 3.28. The molecular formula is C14H12FNO3. The molecule has 0 amide bonds. The van der Waals surface area contributed by atoms with Crippen LogP contribution in [0.15, 0.2) is 36.7 Å². The Kier molecular flexibility index (Phi) is 3.75. The number of halogens is 1. The molecule has 0 saturated heterocycles. The normalized spacial score (nSPS) is 10.2. The van der Waals surface area contributed by atoms with Crippen molar-refractivity contribution < 1.29 is 19.0 Å². The summed E-state index contributed by atoms with van der Waals surface area (Å²) in [5.74, 6) is -1.06. The third-order valence-electron chi connectivity index (χ3n) is 2.67. The second-order valence-electron chi connectivity index (χ2n) is 4.07. The van der Waals surface area contributed by atoms with Crippen molar-refractivity contribution in [1.29, 1.82) is 0 Å². The SMILES string of the molecule is Cc1ccc(F)cc1COc1cncc(C(=O)O)c1. The summed E-state index contributed by atoms with van der Waals surface area (Å²) >= 11 is 0. The highest BCUT2D eigenvalue weighted by atomic mass is 19.1. The van der Waals surface area contributed by atoms with Crippen LogP contribution in [0, 0.1) is 12.7 Å². The zero-order valence-electron chi connectivity index (χ0n) is 10.3. The largest absolute Gasteiger partial charge is 0.487 e. The maximum Gasteiger partial charge on any atom is 0.337 e. The average Bonchev–Trinajstić information content (AvgIpc) is 2.40. The van der Waals surface area contributed by atoms with Crippen molar-refractivity contribution in [2.75, 3.05) is 0 Å². The van der Waals surface area contributed by atoms with Crippen LogP contribution in [0.3, 0.4) is 0 Å². The minimum atomic E-state index is -1.07. The Bertz CT molecular complexity index is 613. The Morgan fingerprint density at radius 3 is 2.89 bits per heavy atom. The monoisotopic (exact) mass is 261 g/mol. The Morgan fingerprint density at radius 1 is 1.37 bits per heavy atom. The van der Waals surface area contributed by atoms with E-state index in [-0.39, 0.29) is 18.0 Å². The maximum atomic E-state index is 13.1. The van der Waals surface area contributed by atoms with Gasteiger partial charge >= 0.3 is 5.97 Å². The van der Waals surface area contributed by atoms with Gasteiger partial charge < -0.3 is 9.84 Å². The molecule has 0 aliphatic heterocycles. The van der Waals surface area contributed by atoms with E-state index in [1.54, 1.807) is 6.07 Å². The van der Waals surface area contributed by atoms with Gasteiger partial charge in [0.05, 0.1) is 11.8 Å². The van der Waals surface area contributed by atoms with Crippen molar-refractivity contribution in [3.05, 3.63) is 59.2 Å². The second-order valence-corrected chi connectivity index (χ2v) is 4.07. The lowest BCUT2D eigenvalue weighted by Gasteiger charge is -2.09. The summed E-state index contributed by atoms with van der Waals surface area (Å²) in [5, 5.41) is 8.83. The third-order valence-corrected chi connectivity index (χ3v) is 2.67. The highest BCUT2D eigenvalue weighted by Crippen LogP contribution is 2.16. The Balaban J connectivity index is 2.12. The van der Waals surface area contributed by atoms with E-state index < -0.39 is 5.97 Å². The van der Waals surface area contributed by atoms with Gasteiger partial charge in [0.25, 0.3) is 0 Å². The Hall–Kier alpha value is -2.43. The molecule has 19 heavy (non-hydrogen) atoms. The molecular weight excluding hydrogens is 249 g/mol. The first-order valence-electron chi connectivity index (χ1n) is 5.62. The number of carboxylic acids is 1. The lowest BCUT2D eigenvalue weighted by atomic mass is 10.1. The van der Waals surface area contributed by atoms with Crippen LogP contribution in [-0.4, -0.2) is 16.1 Å². The number of carbonyl (C=O) groups is 1. The standard InChI is InChI=1S/C14H12FNO3/c1-9-2-3-12(15)4-11(9)8-19-13-5-10(14(17)18)6-16-7-13/h2-7H,8H2,1H3,(H,17,18). The van der Waals surface area contributed by atoms with Crippen molar-refractivity contribution in [2.45, 2.75) is 13.5 Å². The minimum absolute atomic E-state index is 0.0495. The van der Waals surface area contributed by atoms with E-state index >= 15 is 0 Å². The van der Waals surface area contributed by atoms with Crippen LogP contribution in [0.5, 0.6) is 5.75 Å². The molecule has 2 rings (SSSR count). The molecule has 1 heterocycles. The summed E-state index contributed by atoms with van der Waals surface area (Å²) in [6.45, 7) is 2.01. The quantitative estimate of drug-likeness (QED) is 0.919. The number of aryl methyl sites for hydroxylation is 1. The average molecular weight is 261 g/mol. The highest BCUT2D eigenvalue weighted by Gasteiger charge is 2.06. The zero-order valence-corrected chi connectivity index (χ0v) is 10.3. The zero-order chi connectivity index (χ0) is 13.8. The molecule has 1 aromatic carbocycles. The van der Waals surface area contributed by atoms with Crippen LogP contribution in [0.2, 0.25) is 0 Å². The molecule has 0 bridgehead atoms. The van der Waals surface area contributed by atoms with Crippen LogP contribution >= 0.6 is 0 Å². The number of pyridine rings is 1. The van der Waals surface area contributed by atoms with Crippen LogP contribution in [0.25, 0.3) is 0 Å².